The Labute approximate surface area is 147 Å². The molecule has 1 fully saturated rings. The van der Waals surface area contributed by atoms with Gasteiger partial charge >= 0.3 is 6.09 Å². The molecule has 0 aliphatic carbocycles. The van der Waals surface area contributed by atoms with Crippen LogP contribution in [0, 0.1) is 0 Å². The molecule has 0 bridgehead atoms. The summed E-state index contributed by atoms with van der Waals surface area (Å²) in [4.78, 5) is 25.7. The molecule has 24 heavy (non-hydrogen) atoms. The molecule has 0 unspecified atom stereocenters. The summed E-state index contributed by atoms with van der Waals surface area (Å²) in [5.74, 6) is 1.16. The van der Waals surface area contributed by atoms with E-state index < -0.39 is 6.09 Å². The minimum absolute atomic E-state index is 0.0397. The molecule has 0 radical (unpaired) electrons. The van der Waals surface area contributed by atoms with E-state index in [-0.39, 0.29) is 24.4 Å². The number of rotatable bonds is 6. The van der Waals surface area contributed by atoms with Crippen molar-refractivity contribution in [2.45, 2.75) is 25.3 Å². The number of carbonyl (C=O) groups excluding carboxylic acids is 2. The summed E-state index contributed by atoms with van der Waals surface area (Å²) in [6.45, 7) is 1.47. The van der Waals surface area contributed by atoms with E-state index in [4.69, 9.17) is 21.1 Å². The molecule has 1 aromatic carbocycles. The van der Waals surface area contributed by atoms with Crippen molar-refractivity contribution in [3.8, 4) is 5.75 Å². The Hall–Kier alpha value is -1.95. The molecular weight excluding hydrogens is 332 g/mol. The summed E-state index contributed by atoms with van der Waals surface area (Å²) >= 11 is 5.47. The number of nitrogens with zero attached hydrogens (tertiary/aromatic N) is 1. The van der Waals surface area contributed by atoms with E-state index in [0.29, 0.717) is 19.5 Å². The summed E-state index contributed by atoms with van der Waals surface area (Å²) in [7, 11) is 1.61. The molecular formula is C17H23ClN2O4. The number of benzene rings is 1. The first kappa shape index (κ1) is 18.4. The number of nitrogens with one attached hydrogen (secondary N) is 1. The average Bonchev–Trinajstić information content (AvgIpc) is 2.61. The summed E-state index contributed by atoms with van der Waals surface area (Å²) in [5, 5.41) is 2.80. The van der Waals surface area contributed by atoms with Crippen molar-refractivity contribution in [3.63, 3.8) is 0 Å². The first-order chi connectivity index (χ1) is 11.6. The van der Waals surface area contributed by atoms with Crippen LogP contribution < -0.4 is 10.1 Å². The highest BCUT2D eigenvalue weighted by molar-refractivity contribution is 6.18. The van der Waals surface area contributed by atoms with Crippen molar-refractivity contribution in [2.75, 3.05) is 32.7 Å². The average molecular weight is 355 g/mol. The van der Waals surface area contributed by atoms with E-state index in [1.807, 2.05) is 29.2 Å². The van der Waals surface area contributed by atoms with E-state index in [1.54, 1.807) is 7.11 Å². The molecule has 1 aliphatic heterocycles. The number of likely N-dealkylation sites (tertiary alicyclic amines) is 1. The second-order valence-corrected chi connectivity index (χ2v) is 6.03. The maximum absolute atomic E-state index is 12.4. The second kappa shape index (κ2) is 9.37. The van der Waals surface area contributed by atoms with Crippen molar-refractivity contribution in [1.82, 2.24) is 10.2 Å². The van der Waals surface area contributed by atoms with Crippen LogP contribution in [0.25, 0.3) is 0 Å². The number of hydrogen-bond acceptors (Lipinski definition) is 4. The highest BCUT2D eigenvalue weighted by Gasteiger charge is 2.24. The molecule has 6 nitrogen and oxygen atoms in total. The molecule has 2 amide bonds. The molecule has 7 heteroatoms. The molecule has 132 valence electrons. The SMILES string of the molecule is COc1ccc(CC(=O)N2CCC(NC(=O)OCCCl)CC2)cc1. The lowest BCUT2D eigenvalue weighted by molar-refractivity contribution is -0.131. The van der Waals surface area contributed by atoms with Gasteiger partial charge in [0.05, 0.1) is 19.4 Å². The normalized spacial score (nSPS) is 15.0. The van der Waals surface area contributed by atoms with E-state index >= 15 is 0 Å². The molecule has 1 aliphatic rings. The van der Waals surface area contributed by atoms with Gasteiger partial charge in [-0.05, 0) is 30.5 Å². The number of halogens is 1. The number of ether oxygens (including phenoxy) is 2. The van der Waals surface area contributed by atoms with Gasteiger partial charge in [0.15, 0.2) is 0 Å². The molecule has 0 saturated carbocycles. The standard InChI is InChI=1S/C17H23ClN2O4/c1-23-15-4-2-13(3-5-15)12-16(21)20-9-6-14(7-10-20)19-17(22)24-11-8-18/h2-5,14H,6-12H2,1H3,(H,19,22). The van der Waals surface area contributed by atoms with Gasteiger partial charge in [-0.1, -0.05) is 12.1 Å². The molecule has 2 rings (SSSR count). The van der Waals surface area contributed by atoms with Crippen LogP contribution in [0.1, 0.15) is 18.4 Å². The monoisotopic (exact) mass is 354 g/mol. The lowest BCUT2D eigenvalue weighted by Crippen LogP contribution is -2.47. The van der Waals surface area contributed by atoms with Crippen molar-refractivity contribution in [1.29, 1.82) is 0 Å². The van der Waals surface area contributed by atoms with Gasteiger partial charge in [0, 0.05) is 19.1 Å². The molecule has 1 saturated heterocycles. The van der Waals surface area contributed by atoms with E-state index in [9.17, 15) is 9.59 Å². The Morgan fingerprint density at radius 2 is 1.92 bits per heavy atom. The number of methoxy groups -OCH3 is 1. The predicted octanol–water partition coefficient (Wildman–Crippen LogP) is 2.19. The van der Waals surface area contributed by atoms with Crippen LogP contribution >= 0.6 is 11.6 Å². The molecule has 0 spiro atoms. The highest BCUT2D eigenvalue weighted by Crippen LogP contribution is 2.15. The van der Waals surface area contributed by atoms with Gasteiger partial charge in [-0.2, -0.15) is 0 Å². The Morgan fingerprint density at radius 3 is 2.50 bits per heavy atom. The van der Waals surface area contributed by atoms with Crippen LogP contribution in [0.3, 0.4) is 0 Å². The predicted molar refractivity (Wildman–Crippen MR) is 91.5 cm³/mol. The fourth-order valence-corrected chi connectivity index (χ4v) is 2.72. The molecule has 1 N–H and O–H groups in total. The van der Waals surface area contributed by atoms with Crippen molar-refractivity contribution >= 4 is 23.6 Å². The van der Waals surface area contributed by atoms with E-state index in [0.717, 1.165) is 24.2 Å². The summed E-state index contributed by atoms with van der Waals surface area (Å²) < 4.78 is 10.0. The van der Waals surface area contributed by atoms with Crippen LogP contribution in [0.2, 0.25) is 0 Å². The lowest BCUT2D eigenvalue weighted by atomic mass is 10.0. The first-order valence-electron chi connectivity index (χ1n) is 8.02. The van der Waals surface area contributed by atoms with Crippen LogP contribution in [-0.2, 0) is 16.0 Å². The number of alkyl halides is 1. The first-order valence-corrected chi connectivity index (χ1v) is 8.55. The fourth-order valence-electron chi connectivity index (χ4n) is 2.64. The summed E-state index contributed by atoms with van der Waals surface area (Å²) in [6, 6.07) is 7.55. The van der Waals surface area contributed by atoms with Crippen LogP contribution in [0.15, 0.2) is 24.3 Å². The van der Waals surface area contributed by atoms with Crippen LogP contribution in [0.4, 0.5) is 4.79 Å². The Kier molecular flexibility index (Phi) is 7.18. The van der Waals surface area contributed by atoms with Crippen LogP contribution in [-0.4, -0.2) is 55.6 Å². The summed E-state index contributed by atoms with van der Waals surface area (Å²) in [5.41, 5.74) is 0.964. The van der Waals surface area contributed by atoms with Crippen molar-refractivity contribution in [2.24, 2.45) is 0 Å². The minimum Gasteiger partial charge on any atom is -0.497 e. The van der Waals surface area contributed by atoms with E-state index in [2.05, 4.69) is 5.32 Å². The van der Waals surface area contributed by atoms with Crippen molar-refractivity contribution in [3.05, 3.63) is 29.8 Å². The number of amides is 2. The lowest BCUT2D eigenvalue weighted by Gasteiger charge is -2.32. The maximum atomic E-state index is 12.4. The topological polar surface area (TPSA) is 67.9 Å². The van der Waals surface area contributed by atoms with Crippen molar-refractivity contribution < 1.29 is 19.1 Å². The van der Waals surface area contributed by atoms with Gasteiger partial charge in [0.1, 0.15) is 12.4 Å². The summed E-state index contributed by atoms with van der Waals surface area (Å²) in [6.07, 6.45) is 1.38. The number of carbonyl (C=O) groups is 2. The van der Waals surface area contributed by atoms with Gasteiger partial charge in [-0.3, -0.25) is 4.79 Å². The quantitative estimate of drug-likeness (QED) is 0.795. The molecule has 1 aromatic rings. The zero-order valence-electron chi connectivity index (χ0n) is 13.8. The third-order valence-electron chi connectivity index (χ3n) is 3.99. The van der Waals surface area contributed by atoms with Crippen LogP contribution in [0.5, 0.6) is 5.75 Å². The zero-order valence-corrected chi connectivity index (χ0v) is 14.6. The van der Waals surface area contributed by atoms with Gasteiger partial charge in [0.25, 0.3) is 0 Å². The van der Waals surface area contributed by atoms with E-state index in [1.165, 1.54) is 0 Å². The molecule has 0 atom stereocenters. The largest absolute Gasteiger partial charge is 0.497 e. The number of hydrogen-bond donors (Lipinski definition) is 1. The zero-order chi connectivity index (χ0) is 17.4. The number of piperidine rings is 1. The highest BCUT2D eigenvalue weighted by atomic mass is 35.5. The van der Waals surface area contributed by atoms with Gasteiger partial charge in [0.2, 0.25) is 5.91 Å². The van der Waals surface area contributed by atoms with Gasteiger partial charge in [-0.15, -0.1) is 11.6 Å². The smallest absolute Gasteiger partial charge is 0.407 e. The third-order valence-corrected chi connectivity index (χ3v) is 4.15. The van der Waals surface area contributed by atoms with Gasteiger partial charge < -0.3 is 19.7 Å². The fraction of sp³-hybridized carbons (Fsp3) is 0.529. The Morgan fingerprint density at radius 1 is 1.25 bits per heavy atom. The molecule has 0 aromatic heterocycles. The third kappa shape index (κ3) is 5.60. The number of alkyl carbamates (subject to hydrolysis) is 1. The molecule has 1 heterocycles. The maximum Gasteiger partial charge on any atom is 0.407 e. The Bertz CT molecular complexity index is 542. The minimum atomic E-state index is -0.446. The van der Waals surface area contributed by atoms with Gasteiger partial charge in [-0.25, -0.2) is 4.79 Å². The second-order valence-electron chi connectivity index (χ2n) is 5.65. The Balaban J connectivity index is 1.74.